The largest absolute Gasteiger partial charge is 0.506 e. The van der Waals surface area contributed by atoms with Gasteiger partial charge in [-0.1, -0.05) is 30.3 Å². The minimum absolute atomic E-state index is 0.291. The zero-order valence-corrected chi connectivity index (χ0v) is 12.1. The van der Waals surface area contributed by atoms with Gasteiger partial charge in [0.25, 0.3) is 0 Å². The van der Waals surface area contributed by atoms with Crippen LogP contribution in [0.25, 0.3) is 0 Å². The molecule has 0 saturated carbocycles. The molecule has 3 nitrogen and oxygen atoms in total. The average molecular weight is 322 g/mol. The van der Waals surface area contributed by atoms with Gasteiger partial charge < -0.3 is 15.2 Å². The Kier molecular flexibility index (Phi) is 5.24. The van der Waals surface area contributed by atoms with Crippen molar-refractivity contribution in [2.24, 2.45) is 0 Å². The molecule has 0 heterocycles. The van der Waals surface area contributed by atoms with Crippen LogP contribution in [-0.2, 0) is 6.54 Å². The average Bonchev–Trinajstić information content (AvgIpc) is 2.44. The van der Waals surface area contributed by atoms with E-state index in [-0.39, 0.29) is 0 Å². The molecular weight excluding hydrogens is 306 g/mol. The van der Waals surface area contributed by atoms with E-state index in [1.807, 2.05) is 48.5 Å². The maximum Gasteiger partial charge on any atom is 0.134 e. The fourth-order valence-corrected chi connectivity index (χ4v) is 2.09. The molecule has 19 heavy (non-hydrogen) atoms. The van der Waals surface area contributed by atoms with Gasteiger partial charge in [0, 0.05) is 18.7 Å². The highest BCUT2D eigenvalue weighted by Crippen LogP contribution is 2.27. The van der Waals surface area contributed by atoms with E-state index in [2.05, 4.69) is 21.2 Å². The number of nitrogens with one attached hydrogen (secondary N) is 1. The first kappa shape index (κ1) is 13.9. The number of hydrogen-bond donors (Lipinski definition) is 2. The number of para-hydroxylation sites is 2. The Morgan fingerprint density at radius 2 is 1.84 bits per heavy atom. The minimum Gasteiger partial charge on any atom is -0.506 e. The van der Waals surface area contributed by atoms with Gasteiger partial charge in [-0.25, -0.2) is 0 Å². The van der Waals surface area contributed by atoms with Crippen LogP contribution in [0.1, 0.15) is 5.56 Å². The predicted molar refractivity (Wildman–Crippen MR) is 79.5 cm³/mol. The van der Waals surface area contributed by atoms with Crippen LogP contribution in [0.5, 0.6) is 11.5 Å². The number of hydrogen-bond acceptors (Lipinski definition) is 3. The molecule has 4 heteroatoms. The quantitative estimate of drug-likeness (QED) is 0.802. The number of rotatable bonds is 6. The number of phenolic OH excluding ortho intramolecular Hbond substituents is 1. The maximum absolute atomic E-state index is 9.81. The lowest BCUT2D eigenvalue weighted by atomic mass is 10.2. The van der Waals surface area contributed by atoms with Crippen molar-refractivity contribution < 1.29 is 9.84 Å². The van der Waals surface area contributed by atoms with Crippen molar-refractivity contribution in [1.29, 1.82) is 0 Å². The number of aromatic hydroxyl groups is 1. The van der Waals surface area contributed by atoms with E-state index in [1.165, 1.54) is 0 Å². The molecule has 0 saturated heterocycles. The second-order valence-electron chi connectivity index (χ2n) is 4.09. The lowest BCUT2D eigenvalue weighted by Crippen LogP contribution is -2.20. The molecule has 0 aliphatic carbocycles. The molecule has 0 aliphatic heterocycles. The molecule has 0 radical (unpaired) electrons. The van der Waals surface area contributed by atoms with E-state index < -0.39 is 0 Å². The van der Waals surface area contributed by atoms with E-state index in [1.54, 1.807) is 0 Å². The van der Waals surface area contributed by atoms with Gasteiger partial charge in [0.05, 0.1) is 4.47 Å². The first-order chi connectivity index (χ1) is 9.27. The van der Waals surface area contributed by atoms with E-state index >= 15 is 0 Å². The van der Waals surface area contributed by atoms with Crippen molar-refractivity contribution in [2.75, 3.05) is 13.2 Å². The van der Waals surface area contributed by atoms with Crippen molar-refractivity contribution in [3.8, 4) is 11.5 Å². The molecule has 2 rings (SSSR count). The summed E-state index contributed by atoms with van der Waals surface area (Å²) >= 11 is 3.30. The Labute approximate surface area is 121 Å². The topological polar surface area (TPSA) is 41.5 Å². The molecule has 0 aromatic heterocycles. The van der Waals surface area contributed by atoms with Gasteiger partial charge in [0.15, 0.2) is 0 Å². The summed E-state index contributed by atoms with van der Waals surface area (Å²) in [4.78, 5) is 0. The summed E-state index contributed by atoms with van der Waals surface area (Å²) in [6.45, 7) is 1.93. The van der Waals surface area contributed by atoms with Crippen LogP contribution in [0.2, 0.25) is 0 Å². The van der Waals surface area contributed by atoms with Crippen molar-refractivity contribution in [3.63, 3.8) is 0 Å². The predicted octanol–water partition coefficient (Wildman–Crippen LogP) is 3.32. The maximum atomic E-state index is 9.81. The van der Waals surface area contributed by atoms with Crippen LogP contribution in [0.4, 0.5) is 0 Å². The summed E-state index contributed by atoms with van der Waals surface area (Å²) in [6, 6.07) is 15.3. The molecular formula is C15H16BrNO2. The third-order valence-corrected chi connectivity index (χ3v) is 3.32. The van der Waals surface area contributed by atoms with E-state index in [0.717, 1.165) is 17.9 Å². The smallest absolute Gasteiger partial charge is 0.134 e. The van der Waals surface area contributed by atoms with E-state index in [4.69, 9.17) is 4.74 Å². The highest BCUT2D eigenvalue weighted by molar-refractivity contribution is 9.10. The summed E-state index contributed by atoms with van der Waals surface area (Å²) in [5.74, 6) is 1.16. The Balaban J connectivity index is 1.71. The standard InChI is InChI=1S/C15H16BrNO2/c16-14-8-4-5-12(15(14)18)11-17-9-10-19-13-6-2-1-3-7-13/h1-8,17-18H,9-11H2. The summed E-state index contributed by atoms with van der Waals surface area (Å²) in [7, 11) is 0. The van der Waals surface area contributed by atoms with Gasteiger partial charge in [-0.15, -0.1) is 0 Å². The molecule has 0 spiro atoms. The van der Waals surface area contributed by atoms with Gasteiger partial charge in [0.2, 0.25) is 0 Å². The zero-order chi connectivity index (χ0) is 13.5. The third-order valence-electron chi connectivity index (χ3n) is 2.68. The van der Waals surface area contributed by atoms with Crippen LogP contribution >= 0.6 is 15.9 Å². The van der Waals surface area contributed by atoms with Crippen molar-refractivity contribution in [1.82, 2.24) is 5.32 Å². The Morgan fingerprint density at radius 3 is 2.63 bits per heavy atom. The highest BCUT2D eigenvalue weighted by atomic mass is 79.9. The summed E-state index contributed by atoms with van der Waals surface area (Å²) in [5, 5.41) is 13.0. The Morgan fingerprint density at radius 1 is 1.05 bits per heavy atom. The van der Waals surface area contributed by atoms with Crippen LogP contribution in [-0.4, -0.2) is 18.3 Å². The molecule has 100 valence electrons. The molecule has 0 amide bonds. The second-order valence-corrected chi connectivity index (χ2v) is 4.94. The van der Waals surface area contributed by atoms with E-state index in [0.29, 0.717) is 23.4 Å². The molecule has 2 aromatic rings. The van der Waals surface area contributed by atoms with Crippen LogP contribution in [0.15, 0.2) is 53.0 Å². The molecule has 0 atom stereocenters. The van der Waals surface area contributed by atoms with Gasteiger partial charge in [-0.05, 0) is 34.1 Å². The molecule has 0 bridgehead atoms. The first-order valence-electron chi connectivity index (χ1n) is 6.12. The van der Waals surface area contributed by atoms with E-state index in [9.17, 15) is 5.11 Å². The van der Waals surface area contributed by atoms with Crippen molar-refractivity contribution in [2.45, 2.75) is 6.54 Å². The number of halogens is 1. The monoisotopic (exact) mass is 321 g/mol. The van der Waals surface area contributed by atoms with Crippen molar-refractivity contribution in [3.05, 3.63) is 58.6 Å². The lowest BCUT2D eigenvalue weighted by molar-refractivity contribution is 0.313. The molecule has 0 fully saturated rings. The zero-order valence-electron chi connectivity index (χ0n) is 10.5. The van der Waals surface area contributed by atoms with Gasteiger partial charge in [-0.2, -0.15) is 0 Å². The van der Waals surface area contributed by atoms with Gasteiger partial charge >= 0.3 is 0 Å². The number of ether oxygens (including phenoxy) is 1. The molecule has 0 unspecified atom stereocenters. The Bertz CT molecular complexity index is 517. The first-order valence-corrected chi connectivity index (χ1v) is 6.91. The third kappa shape index (κ3) is 4.26. The number of phenols is 1. The fourth-order valence-electron chi connectivity index (χ4n) is 1.68. The van der Waals surface area contributed by atoms with Gasteiger partial charge in [-0.3, -0.25) is 0 Å². The normalized spacial score (nSPS) is 10.4. The molecule has 0 aliphatic rings. The van der Waals surface area contributed by atoms with Crippen LogP contribution in [0, 0.1) is 0 Å². The molecule has 2 N–H and O–H groups in total. The summed E-state index contributed by atoms with van der Waals surface area (Å²) < 4.78 is 6.28. The van der Waals surface area contributed by atoms with Gasteiger partial charge in [0.1, 0.15) is 18.1 Å². The van der Waals surface area contributed by atoms with Crippen LogP contribution in [0.3, 0.4) is 0 Å². The highest BCUT2D eigenvalue weighted by Gasteiger charge is 2.03. The molecule has 2 aromatic carbocycles. The Hall–Kier alpha value is -1.52. The summed E-state index contributed by atoms with van der Waals surface area (Å²) in [6.07, 6.45) is 0. The summed E-state index contributed by atoms with van der Waals surface area (Å²) in [5.41, 5.74) is 0.870. The SMILES string of the molecule is Oc1c(Br)cccc1CNCCOc1ccccc1. The fraction of sp³-hybridized carbons (Fsp3) is 0.200. The second kappa shape index (κ2) is 7.16. The minimum atomic E-state index is 0.291. The lowest BCUT2D eigenvalue weighted by Gasteiger charge is -2.09. The van der Waals surface area contributed by atoms with Crippen LogP contribution < -0.4 is 10.1 Å². The number of benzene rings is 2. The van der Waals surface area contributed by atoms with Crippen molar-refractivity contribution >= 4 is 15.9 Å².